The third-order valence-electron chi connectivity index (χ3n) is 2.61. The molecule has 0 saturated carbocycles. The van der Waals surface area contributed by atoms with Crippen LogP contribution in [0.2, 0.25) is 0 Å². The lowest BCUT2D eigenvalue weighted by molar-refractivity contribution is 0.103. The number of aromatic nitrogens is 1. The highest BCUT2D eigenvalue weighted by molar-refractivity contribution is 9.10. The van der Waals surface area contributed by atoms with Gasteiger partial charge in [-0.1, -0.05) is 40.2 Å². The van der Waals surface area contributed by atoms with Crippen molar-refractivity contribution >= 4 is 43.3 Å². The van der Waals surface area contributed by atoms with Crippen LogP contribution >= 0.6 is 27.3 Å². The van der Waals surface area contributed by atoms with Gasteiger partial charge in [-0.05, 0) is 24.3 Å². The highest BCUT2D eigenvalue weighted by atomic mass is 79.9. The Morgan fingerprint density at radius 1 is 1.06 bits per heavy atom. The maximum atomic E-state index is 12.4. The molecule has 0 N–H and O–H groups in total. The van der Waals surface area contributed by atoms with E-state index in [0.29, 0.717) is 10.6 Å². The van der Waals surface area contributed by atoms with E-state index in [-0.39, 0.29) is 5.78 Å². The van der Waals surface area contributed by atoms with E-state index in [1.54, 1.807) is 6.07 Å². The monoisotopic (exact) mass is 317 g/mol. The van der Waals surface area contributed by atoms with Crippen LogP contribution in [0.5, 0.6) is 0 Å². The first kappa shape index (κ1) is 11.6. The lowest BCUT2D eigenvalue weighted by Crippen LogP contribution is -2.01. The summed E-state index contributed by atoms with van der Waals surface area (Å²) in [5, 5.41) is 0.531. The molecule has 0 radical (unpaired) electrons. The van der Waals surface area contributed by atoms with Gasteiger partial charge in [0.15, 0.2) is 5.01 Å². The molecule has 0 amide bonds. The van der Waals surface area contributed by atoms with Gasteiger partial charge in [0, 0.05) is 10.0 Å². The Hall–Kier alpha value is -1.52. The standard InChI is InChI=1S/C14H8BrNOS/c15-10-6-2-1-5-9(10)13(17)14-16-11-7-3-4-8-12(11)18-14/h1-8H. The topological polar surface area (TPSA) is 30.0 Å². The van der Waals surface area contributed by atoms with Gasteiger partial charge >= 0.3 is 0 Å². The van der Waals surface area contributed by atoms with Crippen LogP contribution < -0.4 is 0 Å². The zero-order valence-electron chi connectivity index (χ0n) is 9.26. The molecule has 0 aliphatic carbocycles. The number of rotatable bonds is 2. The highest BCUT2D eigenvalue weighted by Crippen LogP contribution is 2.26. The van der Waals surface area contributed by atoms with Crippen LogP contribution in [0.25, 0.3) is 10.2 Å². The second kappa shape index (κ2) is 4.63. The van der Waals surface area contributed by atoms with E-state index in [4.69, 9.17) is 0 Å². The van der Waals surface area contributed by atoms with E-state index >= 15 is 0 Å². The highest BCUT2D eigenvalue weighted by Gasteiger charge is 2.16. The molecule has 0 bridgehead atoms. The number of ketones is 1. The normalized spacial score (nSPS) is 10.7. The van der Waals surface area contributed by atoms with E-state index in [2.05, 4.69) is 20.9 Å². The first-order valence-electron chi connectivity index (χ1n) is 5.40. The first-order valence-corrected chi connectivity index (χ1v) is 7.01. The molecular weight excluding hydrogens is 310 g/mol. The average Bonchev–Trinajstić information content (AvgIpc) is 2.82. The molecule has 0 spiro atoms. The molecule has 2 aromatic carbocycles. The van der Waals surface area contributed by atoms with Crippen molar-refractivity contribution < 1.29 is 4.79 Å². The van der Waals surface area contributed by atoms with Crippen molar-refractivity contribution in [3.63, 3.8) is 0 Å². The van der Waals surface area contributed by atoms with E-state index in [0.717, 1.165) is 14.7 Å². The molecule has 0 saturated heterocycles. The van der Waals surface area contributed by atoms with Gasteiger partial charge in [-0.2, -0.15) is 0 Å². The summed E-state index contributed by atoms with van der Waals surface area (Å²) in [4.78, 5) is 16.7. The molecule has 2 nitrogen and oxygen atoms in total. The van der Waals surface area contributed by atoms with Gasteiger partial charge in [0.05, 0.1) is 10.2 Å². The van der Waals surface area contributed by atoms with Crippen LogP contribution in [-0.2, 0) is 0 Å². The molecule has 3 aromatic rings. The molecular formula is C14H8BrNOS. The summed E-state index contributed by atoms with van der Waals surface area (Å²) < 4.78 is 1.84. The SMILES string of the molecule is O=C(c1nc2ccccc2s1)c1ccccc1Br. The fourth-order valence-corrected chi connectivity index (χ4v) is 3.11. The van der Waals surface area contributed by atoms with Crippen LogP contribution in [0.1, 0.15) is 15.4 Å². The number of hydrogen-bond donors (Lipinski definition) is 0. The smallest absolute Gasteiger partial charge is 0.222 e. The Morgan fingerprint density at radius 3 is 2.56 bits per heavy atom. The number of carbonyl (C=O) groups excluding carboxylic acids is 1. The average molecular weight is 318 g/mol. The van der Waals surface area contributed by atoms with Gasteiger partial charge < -0.3 is 0 Å². The van der Waals surface area contributed by atoms with Crippen LogP contribution in [-0.4, -0.2) is 10.8 Å². The molecule has 0 atom stereocenters. The van der Waals surface area contributed by atoms with Gasteiger partial charge in [-0.15, -0.1) is 11.3 Å². The van der Waals surface area contributed by atoms with Gasteiger partial charge in [-0.25, -0.2) is 4.98 Å². The lowest BCUT2D eigenvalue weighted by atomic mass is 10.1. The molecule has 4 heteroatoms. The number of thiazole rings is 1. The molecule has 0 fully saturated rings. The predicted octanol–water partition coefficient (Wildman–Crippen LogP) is 4.29. The number of nitrogens with zero attached hydrogens (tertiary/aromatic N) is 1. The third-order valence-corrected chi connectivity index (χ3v) is 4.33. The molecule has 1 heterocycles. The number of para-hydroxylation sites is 1. The number of carbonyl (C=O) groups is 1. The van der Waals surface area contributed by atoms with E-state index in [1.807, 2.05) is 42.5 Å². The summed E-state index contributed by atoms with van der Waals surface area (Å²) in [6, 6.07) is 15.2. The zero-order chi connectivity index (χ0) is 12.5. The number of benzene rings is 2. The summed E-state index contributed by atoms with van der Waals surface area (Å²) in [6.45, 7) is 0. The summed E-state index contributed by atoms with van der Waals surface area (Å²) in [7, 11) is 0. The van der Waals surface area contributed by atoms with E-state index in [9.17, 15) is 4.79 Å². The Kier molecular flexibility index (Phi) is 2.97. The Labute approximate surface area is 116 Å². The van der Waals surface area contributed by atoms with Gasteiger partial charge in [0.2, 0.25) is 5.78 Å². The zero-order valence-corrected chi connectivity index (χ0v) is 11.7. The molecule has 88 valence electrons. The Bertz CT molecular complexity index is 702. The van der Waals surface area contributed by atoms with Crippen LogP contribution in [0.3, 0.4) is 0 Å². The van der Waals surface area contributed by atoms with Crippen LogP contribution in [0.4, 0.5) is 0 Å². The van der Waals surface area contributed by atoms with Crippen molar-refractivity contribution in [2.75, 3.05) is 0 Å². The van der Waals surface area contributed by atoms with Crippen LogP contribution in [0, 0.1) is 0 Å². The fourth-order valence-electron chi connectivity index (χ4n) is 1.73. The quantitative estimate of drug-likeness (QED) is 0.660. The minimum atomic E-state index is -0.0383. The van der Waals surface area contributed by atoms with Crippen molar-refractivity contribution in [3.05, 3.63) is 63.6 Å². The van der Waals surface area contributed by atoms with E-state index in [1.165, 1.54) is 11.3 Å². The second-order valence-corrected chi connectivity index (χ2v) is 5.68. The number of halogens is 1. The van der Waals surface area contributed by atoms with Crippen molar-refractivity contribution in [2.45, 2.75) is 0 Å². The minimum absolute atomic E-state index is 0.0383. The Morgan fingerprint density at radius 2 is 1.78 bits per heavy atom. The van der Waals surface area contributed by atoms with Crippen LogP contribution in [0.15, 0.2) is 53.0 Å². The number of hydrogen-bond acceptors (Lipinski definition) is 3. The molecule has 0 aliphatic rings. The number of fused-ring (bicyclic) bond motifs is 1. The van der Waals surface area contributed by atoms with Crippen molar-refractivity contribution in [3.8, 4) is 0 Å². The maximum absolute atomic E-state index is 12.4. The molecule has 0 unspecified atom stereocenters. The van der Waals surface area contributed by atoms with Crippen molar-refractivity contribution in [1.29, 1.82) is 0 Å². The molecule has 18 heavy (non-hydrogen) atoms. The predicted molar refractivity (Wildman–Crippen MR) is 77.2 cm³/mol. The summed E-state index contributed by atoms with van der Waals surface area (Å²) in [5.74, 6) is -0.0383. The van der Waals surface area contributed by atoms with Crippen molar-refractivity contribution in [2.24, 2.45) is 0 Å². The molecule has 3 rings (SSSR count). The lowest BCUT2D eigenvalue weighted by Gasteiger charge is -1.99. The molecule has 1 aromatic heterocycles. The molecule has 0 aliphatic heterocycles. The van der Waals surface area contributed by atoms with Gasteiger partial charge in [0.25, 0.3) is 0 Å². The first-order chi connectivity index (χ1) is 8.75. The third kappa shape index (κ3) is 1.98. The minimum Gasteiger partial charge on any atom is -0.286 e. The maximum Gasteiger partial charge on any atom is 0.222 e. The largest absolute Gasteiger partial charge is 0.286 e. The van der Waals surface area contributed by atoms with E-state index < -0.39 is 0 Å². The summed E-state index contributed by atoms with van der Waals surface area (Å²) in [5.41, 5.74) is 1.52. The van der Waals surface area contributed by atoms with Crippen molar-refractivity contribution in [1.82, 2.24) is 4.98 Å². The fraction of sp³-hybridized carbons (Fsp3) is 0. The van der Waals surface area contributed by atoms with Gasteiger partial charge in [0.1, 0.15) is 0 Å². The van der Waals surface area contributed by atoms with Gasteiger partial charge in [-0.3, -0.25) is 4.79 Å². The summed E-state index contributed by atoms with van der Waals surface area (Å²) in [6.07, 6.45) is 0. The Balaban J connectivity index is 2.10. The second-order valence-electron chi connectivity index (χ2n) is 3.80. The summed E-state index contributed by atoms with van der Waals surface area (Å²) >= 11 is 4.82.